The first-order chi connectivity index (χ1) is 5.76. The zero-order valence-electron chi connectivity index (χ0n) is 7.08. The molecule has 0 saturated carbocycles. The average molecular weight is 164 g/mol. The van der Waals surface area contributed by atoms with Crippen LogP contribution in [0.2, 0.25) is 0 Å². The third-order valence-electron chi connectivity index (χ3n) is 2.06. The molecule has 3 heteroatoms. The second kappa shape index (κ2) is 3.42. The quantitative estimate of drug-likeness (QED) is 0.660. The Hall–Kier alpha value is -1.27. The largest absolute Gasteiger partial charge is 0.497 e. The summed E-state index contributed by atoms with van der Waals surface area (Å²) in [6, 6.07) is 2.20. The SMILES string of the molecule is COC1=CCC(C#N)(CN)C=C1. The molecule has 12 heavy (non-hydrogen) atoms. The number of methoxy groups -OCH3 is 1. The van der Waals surface area contributed by atoms with Gasteiger partial charge >= 0.3 is 0 Å². The van der Waals surface area contributed by atoms with Gasteiger partial charge < -0.3 is 10.5 Å². The maximum absolute atomic E-state index is 8.85. The van der Waals surface area contributed by atoms with E-state index in [1.54, 1.807) is 13.2 Å². The Labute approximate surface area is 72.1 Å². The Morgan fingerprint density at radius 2 is 2.58 bits per heavy atom. The van der Waals surface area contributed by atoms with Crippen LogP contribution < -0.4 is 5.73 Å². The molecule has 0 amide bonds. The van der Waals surface area contributed by atoms with Gasteiger partial charge in [0.2, 0.25) is 0 Å². The number of ether oxygens (including phenoxy) is 1. The zero-order valence-corrected chi connectivity index (χ0v) is 7.08. The van der Waals surface area contributed by atoms with Crippen LogP contribution in [0.4, 0.5) is 0 Å². The summed E-state index contributed by atoms with van der Waals surface area (Å²) in [4.78, 5) is 0. The number of nitrogens with zero attached hydrogens (tertiary/aromatic N) is 1. The van der Waals surface area contributed by atoms with E-state index in [0.717, 1.165) is 5.76 Å². The van der Waals surface area contributed by atoms with Crippen molar-refractivity contribution in [2.24, 2.45) is 11.1 Å². The number of rotatable bonds is 2. The van der Waals surface area contributed by atoms with E-state index in [1.165, 1.54) is 0 Å². The van der Waals surface area contributed by atoms with Crippen LogP contribution in [0.5, 0.6) is 0 Å². The highest BCUT2D eigenvalue weighted by atomic mass is 16.5. The summed E-state index contributed by atoms with van der Waals surface area (Å²) in [6.07, 6.45) is 6.13. The summed E-state index contributed by atoms with van der Waals surface area (Å²) in [5.41, 5.74) is 4.98. The van der Waals surface area contributed by atoms with Crippen molar-refractivity contribution in [3.8, 4) is 6.07 Å². The molecule has 0 aromatic rings. The van der Waals surface area contributed by atoms with Gasteiger partial charge in [-0.15, -0.1) is 0 Å². The molecule has 0 radical (unpaired) electrons. The minimum Gasteiger partial charge on any atom is -0.497 e. The lowest BCUT2D eigenvalue weighted by Crippen LogP contribution is -2.27. The molecule has 1 unspecified atom stereocenters. The standard InChI is InChI=1S/C9H12N2O/c1-12-8-2-4-9(6-10,7-11)5-3-8/h2-4H,5-6,10H2,1H3. The van der Waals surface area contributed by atoms with Gasteiger partial charge in [0, 0.05) is 6.54 Å². The summed E-state index contributed by atoms with van der Waals surface area (Å²) in [5.74, 6) is 0.800. The molecule has 0 heterocycles. The van der Waals surface area contributed by atoms with Crippen LogP contribution >= 0.6 is 0 Å². The van der Waals surface area contributed by atoms with Crippen molar-refractivity contribution < 1.29 is 4.74 Å². The van der Waals surface area contributed by atoms with E-state index >= 15 is 0 Å². The first-order valence-electron chi connectivity index (χ1n) is 3.81. The molecule has 0 bridgehead atoms. The summed E-state index contributed by atoms with van der Waals surface area (Å²) in [7, 11) is 1.61. The highest BCUT2D eigenvalue weighted by molar-refractivity contribution is 5.27. The minimum atomic E-state index is -0.512. The number of hydrogen-bond acceptors (Lipinski definition) is 3. The molecule has 1 rings (SSSR count). The van der Waals surface area contributed by atoms with Crippen molar-refractivity contribution in [1.82, 2.24) is 0 Å². The first kappa shape index (κ1) is 8.82. The average Bonchev–Trinajstić information content (AvgIpc) is 2.18. The fraction of sp³-hybridized carbons (Fsp3) is 0.444. The van der Waals surface area contributed by atoms with Crippen LogP contribution in [-0.2, 0) is 4.74 Å². The smallest absolute Gasteiger partial charge is 0.114 e. The topological polar surface area (TPSA) is 59.0 Å². The fourth-order valence-corrected chi connectivity index (χ4v) is 1.09. The second-order valence-corrected chi connectivity index (χ2v) is 2.82. The molecule has 1 aliphatic carbocycles. The van der Waals surface area contributed by atoms with E-state index in [2.05, 4.69) is 6.07 Å². The van der Waals surface area contributed by atoms with Crippen LogP contribution in [0.15, 0.2) is 24.0 Å². The van der Waals surface area contributed by atoms with Crippen LogP contribution in [0.25, 0.3) is 0 Å². The lowest BCUT2D eigenvalue weighted by atomic mass is 9.83. The lowest BCUT2D eigenvalue weighted by molar-refractivity contribution is 0.298. The van der Waals surface area contributed by atoms with Gasteiger partial charge in [0.05, 0.1) is 18.6 Å². The highest BCUT2D eigenvalue weighted by Crippen LogP contribution is 2.27. The van der Waals surface area contributed by atoms with E-state index in [9.17, 15) is 0 Å². The Morgan fingerprint density at radius 3 is 2.92 bits per heavy atom. The third kappa shape index (κ3) is 1.49. The highest BCUT2D eigenvalue weighted by Gasteiger charge is 2.26. The van der Waals surface area contributed by atoms with Gasteiger partial charge in [0.1, 0.15) is 5.76 Å². The Morgan fingerprint density at radius 1 is 1.83 bits per heavy atom. The van der Waals surface area contributed by atoms with Crippen LogP contribution in [0, 0.1) is 16.7 Å². The van der Waals surface area contributed by atoms with Gasteiger partial charge in [-0.2, -0.15) is 5.26 Å². The summed E-state index contributed by atoms with van der Waals surface area (Å²) < 4.78 is 5.00. The normalized spacial score (nSPS) is 27.6. The molecule has 64 valence electrons. The van der Waals surface area contributed by atoms with Gasteiger partial charge in [-0.1, -0.05) is 6.08 Å². The maximum atomic E-state index is 8.85. The van der Waals surface area contributed by atoms with Gasteiger partial charge in [0.15, 0.2) is 0 Å². The Balaban J connectivity index is 2.76. The zero-order chi connectivity index (χ0) is 9.03. The molecule has 3 nitrogen and oxygen atoms in total. The van der Waals surface area contributed by atoms with E-state index in [-0.39, 0.29) is 0 Å². The van der Waals surface area contributed by atoms with E-state index in [1.807, 2.05) is 12.2 Å². The lowest BCUT2D eigenvalue weighted by Gasteiger charge is -2.22. The van der Waals surface area contributed by atoms with E-state index in [4.69, 9.17) is 15.7 Å². The van der Waals surface area contributed by atoms with Crippen LogP contribution in [0.1, 0.15) is 6.42 Å². The predicted molar refractivity (Wildman–Crippen MR) is 45.9 cm³/mol. The molecular formula is C9H12N2O. The van der Waals surface area contributed by atoms with Crippen molar-refractivity contribution in [2.75, 3.05) is 13.7 Å². The molecule has 0 aromatic carbocycles. The maximum Gasteiger partial charge on any atom is 0.114 e. The third-order valence-corrected chi connectivity index (χ3v) is 2.06. The van der Waals surface area contributed by atoms with Crippen molar-refractivity contribution in [2.45, 2.75) is 6.42 Å². The second-order valence-electron chi connectivity index (χ2n) is 2.82. The van der Waals surface area contributed by atoms with Gasteiger partial charge in [-0.05, 0) is 18.6 Å². The summed E-state index contributed by atoms with van der Waals surface area (Å²) in [5, 5.41) is 8.85. The number of nitrogens with two attached hydrogens (primary N) is 1. The molecule has 0 aliphatic heterocycles. The predicted octanol–water partition coefficient (Wildman–Crippen LogP) is 0.945. The molecule has 0 aromatic heterocycles. The Bertz CT molecular complexity index is 262. The molecule has 1 atom stereocenters. The van der Waals surface area contributed by atoms with Gasteiger partial charge in [-0.25, -0.2) is 0 Å². The van der Waals surface area contributed by atoms with Gasteiger partial charge in [-0.3, -0.25) is 0 Å². The number of nitriles is 1. The molecule has 0 saturated heterocycles. The van der Waals surface area contributed by atoms with Crippen molar-refractivity contribution >= 4 is 0 Å². The Kier molecular flexibility index (Phi) is 2.51. The van der Waals surface area contributed by atoms with Crippen molar-refractivity contribution in [3.05, 3.63) is 24.0 Å². The molecule has 1 aliphatic rings. The minimum absolute atomic E-state index is 0.355. The monoisotopic (exact) mass is 164 g/mol. The van der Waals surface area contributed by atoms with Crippen molar-refractivity contribution in [1.29, 1.82) is 5.26 Å². The fourth-order valence-electron chi connectivity index (χ4n) is 1.09. The van der Waals surface area contributed by atoms with Crippen LogP contribution in [-0.4, -0.2) is 13.7 Å². The van der Waals surface area contributed by atoms with Crippen LogP contribution in [0.3, 0.4) is 0 Å². The molecular weight excluding hydrogens is 152 g/mol. The van der Waals surface area contributed by atoms with Crippen molar-refractivity contribution in [3.63, 3.8) is 0 Å². The summed E-state index contributed by atoms with van der Waals surface area (Å²) >= 11 is 0. The van der Waals surface area contributed by atoms with E-state index in [0.29, 0.717) is 13.0 Å². The molecule has 0 fully saturated rings. The molecule has 0 spiro atoms. The number of allylic oxidation sites excluding steroid dienone is 2. The number of hydrogen-bond donors (Lipinski definition) is 1. The molecule has 2 N–H and O–H groups in total. The first-order valence-corrected chi connectivity index (χ1v) is 3.81. The van der Waals surface area contributed by atoms with E-state index < -0.39 is 5.41 Å². The summed E-state index contributed by atoms with van der Waals surface area (Å²) in [6.45, 7) is 0.355. The van der Waals surface area contributed by atoms with Gasteiger partial charge in [0.25, 0.3) is 0 Å².